The first kappa shape index (κ1) is 15.2. The van der Waals surface area contributed by atoms with Crippen LogP contribution in [-0.2, 0) is 0 Å². The van der Waals surface area contributed by atoms with Gasteiger partial charge in [0.15, 0.2) is 0 Å². The van der Waals surface area contributed by atoms with Gasteiger partial charge in [0.25, 0.3) is 0 Å². The quantitative estimate of drug-likeness (QED) is 0.833. The number of hydrogen-bond donors (Lipinski definition) is 2. The van der Waals surface area contributed by atoms with Gasteiger partial charge in [-0.05, 0) is 35.1 Å². The van der Waals surface area contributed by atoms with Crippen molar-refractivity contribution in [2.75, 3.05) is 5.73 Å². The van der Waals surface area contributed by atoms with Gasteiger partial charge in [-0.15, -0.1) is 0 Å². The Morgan fingerprint density at radius 2 is 1.70 bits per heavy atom. The average Bonchev–Trinajstić information content (AvgIpc) is 2.63. The zero-order valence-corrected chi connectivity index (χ0v) is 12.3. The molecule has 1 aromatic heterocycles. The molecule has 1 unspecified atom stereocenters. The molecule has 20 heavy (non-hydrogen) atoms. The molecule has 3 rings (SSSR count). The Morgan fingerprint density at radius 1 is 1.10 bits per heavy atom. The summed E-state index contributed by atoms with van der Waals surface area (Å²) >= 11 is 12.2. The molecule has 0 saturated heterocycles. The summed E-state index contributed by atoms with van der Waals surface area (Å²) in [6.45, 7) is 4.46. The molecule has 1 aromatic carbocycles. The highest BCUT2D eigenvalue weighted by Gasteiger charge is 2.59. The highest BCUT2D eigenvalue weighted by molar-refractivity contribution is 6.34. The SMILES string of the molecule is C.CC1(C)C(c2cc(Cl)cc(Cl)c2)[C@H]1c1cc(N)n[nH]1. The summed E-state index contributed by atoms with van der Waals surface area (Å²) in [5.74, 6) is 1.27. The molecule has 1 fully saturated rings. The molecule has 0 aliphatic heterocycles. The Hall–Kier alpha value is -1.19. The summed E-state index contributed by atoms with van der Waals surface area (Å²) in [5.41, 5.74) is 8.07. The van der Waals surface area contributed by atoms with E-state index in [1.54, 1.807) is 6.07 Å². The smallest absolute Gasteiger partial charge is 0.145 e. The van der Waals surface area contributed by atoms with E-state index >= 15 is 0 Å². The van der Waals surface area contributed by atoms with Crippen molar-refractivity contribution in [2.24, 2.45) is 5.41 Å². The second-order valence-corrected chi connectivity index (χ2v) is 6.60. The Balaban J connectivity index is 0.00000147. The number of aromatic amines is 1. The molecule has 0 amide bonds. The van der Waals surface area contributed by atoms with Crippen LogP contribution in [0, 0.1) is 5.41 Å². The van der Waals surface area contributed by atoms with Gasteiger partial charge in [-0.25, -0.2) is 0 Å². The van der Waals surface area contributed by atoms with E-state index in [4.69, 9.17) is 28.9 Å². The number of benzene rings is 1. The first-order valence-electron chi connectivity index (χ1n) is 6.16. The first-order valence-corrected chi connectivity index (χ1v) is 6.92. The molecule has 0 spiro atoms. The molecular formula is C15H19Cl2N3. The molecule has 1 aliphatic rings. The van der Waals surface area contributed by atoms with Crippen molar-refractivity contribution >= 4 is 29.0 Å². The topological polar surface area (TPSA) is 54.7 Å². The average molecular weight is 312 g/mol. The maximum absolute atomic E-state index is 6.09. The molecule has 108 valence electrons. The van der Waals surface area contributed by atoms with Crippen LogP contribution in [0.3, 0.4) is 0 Å². The maximum atomic E-state index is 6.09. The number of nitrogens with two attached hydrogens (primary N) is 1. The van der Waals surface area contributed by atoms with Gasteiger partial charge in [0.2, 0.25) is 0 Å². The fourth-order valence-corrected chi connectivity index (χ4v) is 3.65. The van der Waals surface area contributed by atoms with Crippen molar-refractivity contribution in [3.63, 3.8) is 0 Å². The molecule has 1 heterocycles. The third-order valence-electron chi connectivity index (χ3n) is 4.02. The molecular weight excluding hydrogens is 293 g/mol. The van der Waals surface area contributed by atoms with E-state index in [0.717, 1.165) is 5.69 Å². The maximum Gasteiger partial charge on any atom is 0.145 e. The molecule has 2 aromatic rings. The van der Waals surface area contributed by atoms with E-state index in [9.17, 15) is 0 Å². The lowest BCUT2D eigenvalue weighted by Gasteiger charge is -2.04. The number of rotatable bonds is 2. The van der Waals surface area contributed by atoms with Crippen LogP contribution in [0.1, 0.15) is 44.4 Å². The zero-order chi connectivity index (χ0) is 13.8. The summed E-state index contributed by atoms with van der Waals surface area (Å²) in [5, 5.41) is 8.37. The lowest BCUT2D eigenvalue weighted by molar-refractivity contribution is 0.597. The van der Waals surface area contributed by atoms with E-state index in [1.807, 2.05) is 18.2 Å². The Kier molecular flexibility index (Phi) is 3.78. The molecule has 3 nitrogen and oxygen atoms in total. The van der Waals surface area contributed by atoms with Crippen LogP contribution in [0.15, 0.2) is 24.3 Å². The van der Waals surface area contributed by atoms with Crippen LogP contribution < -0.4 is 5.73 Å². The molecule has 5 heteroatoms. The molecule has 3 N–H and O–H groups in total. The summed E-state index contributed by atoms with van der Waals surface area (Å²) < 4.78 is 0. The number of nitrogen functional groups attached to an aromatic ring is 1. The fraction of sp³-hybridized carbons (Fsp3) is 0.400. The normalized spacial score (nSPS) is 23.2. The van der Waals surface area contributed by atoms with Crippen LogP contribution in [0.4, 0.5) is 5.82 Å². The van der Waals surface area contributed by atoms with E-state index < -0.39 is 0 Å². The van der Waals surface area contributed by atoms with Crippen LogP contribution >= 0.6 is 23.2 Å². The van der Waals surface area contributed by atoms with Gasteiger partial charge in [-0.1, -0.05) is 44.5 Å². The molecule has 1 saturated carbocycles. The lowest BCUT2D eigenvalue weighted by atomic mass is 10.0. The summed E-state index contributed by atoms with van der Waals surface area (Å²) in [7, 11) is 0. The number of anilines is 1. The second kappa shape index (κ2) is 4.97. The molecule has 1 aliphatic carbocycles. The Bertz CT molecular complexity index is 614. The minimum absolute atomic E-state index is 0. The van der Waals surface area contributed by atoms with Crippen molar-refractivity contribution in [3.05, 3.63) is 45.6 Å². The number of H-pyrrole nitrogens is 1. The predicted octanol–water partition coefficient (Wildman–Crippen LogP) is 4.84. The largest absolute Gasteiger partial charge is 0.382 e. The monoisotopic (exact) mass is 311 g/mol. The van der Waals surface area contributed by atoms with Gasteiger partial charge in [0.1, 0.15) is 5.82 Å². The lowest BCUT2D eigenvalue weighted by Crippen LogP contribution is -1.91. The Labute approximate surface area is 129 Å². The zero-order valence-electron chi connectivity index (χ0n) is 10.7. The number of halogens is 2. The van der Waals surface area contributed by atoms with Crippen LogP contribution in [-0.4, -0.2) is 10.2 Å². The first-order chi connectivity index (χ1) is 8.89. The third-order valence-corrected chi connectivity index (χ3v) is 4.46. The number of aromatic nitrogens is 2. The second-order valence-electron chi connectivity index (χ2n) is 5.73. The van der Waals surface area contributed by atoms with Crippen molar-refractivity contribution in [1.29, 1.82) is 0 Å². The predicted molar refractivity (Wildman–Crippen MR) is 85.5 cm³/mol. The summed E-state index contributed by atoms with van der Waals surface area (Å²) in [4.78, 5) is 0. The van der Waals surface area contributed by atoms with Gasteiger partial charge >= 0.3 is 0 Å². The van der Waals surface area contributed by atoms with E-state index in [2.05, 4.69) is 24.0 Å². The minimum Gasteiger partial charge on any atom is -0.382 e. The van der Waals surface area contributed by atoms with Crippen LogP contribution in [0.5, 0.6) is 0 Å². The van der Waals surface area contributed by atoms with Crippen molar-refractivity contribution < 1.29 is 0 Å². The van der Waals surface area contributed by atoms with Gasteiger partial charge in [0.05, 0.1) is 0 Å². The standard InChI is InChI=1S/C14H15Cl2N3.CH4/c1-14(2)12(7-3-8(15)5-9(16)4-7)13(14)10-6-11(17)19-18-10;/h3-6,12-13H,1-2H3,(H3,17,18,19);1H4/t12?,13-;/m1./s1. The van der Waals surface area contributed by atoms with Crippen LogP contribution in [0.25, 0.3) is 0 Å². The van der Waals surface area contributed by atoms with E-state index in [-0.39, 0.29) is 12.8 Å². The summed E-state index contributed by atoms with van der Waals surface area (Å²) in [6.07, 6.45) is 0. The van der Waals surface area contributed by atoms with Gasteiger partial charge in [0, 0.05) is 27.7 Å². The van der Waals surface area contributed by atoms with Crippen molar-refractivity contribution in [1.82, 2.24) is 10.2 Å². The third kappa shape index (κ3) is 2.40. The number of hydrogen-bond acceptors (Lipinski definition) is 2. The highest BCUT2D eigenvalue weighted by atomic mass is 35.5. The van der Waals surface area contributed by atoms with Gasteiger partial charge in [-0.2, -0.15) is 5.10 Å². The summed E-state index contributed by atoms with van der Waals surface area (Å²) in [6, 6.07) is 7.63. The van der Waals surface area contributed by atoms with E-state index in [0.29, 0.717) is 27.7 Å². The molecule has 2 atom stereocenters. The molecule has 0 bridgehead atoms. The van der Waals surface area contributed by atoms with E-state index in [1.165, 1.54) is 5.56 Å². The van der Waals surface area contributed by atoms with Crippen molar-refractivity contribution in [3.8, 4) is 0 Å². The van der Waals surface area contributed by atoms with Gasteiger partial charge in [-0.3, -0.25) is 5.10 Å². The minimum atomic E-state index is 0. The van der Waals surface area contributed by atoms with Crippen LogP contribution in [0.2, 0.25) is 10.0 Å². The number of nitrogens with zero attached hydrogens (tertiary/aromatic N) is 1. The van der Waals surface area contributed by atoms with Gasteiger partial charge < -0.3 is 5.73 Å². The number of nitrogens with one attached hydrogen (secondary N) is 1. The Morgan fingerprint density at radius 3 is 2.20 bits per heavy atom. The highest BCUT2D eigenvalue weighted by Crippen LogP contribution is 2.69. The fourth-order valence-electron chi connectivity index (χ4n) is 3.11. The van der Waals surface area contributed by atoms with Crippen molar-refractivity contribution in [2.45, 2.75) is 33.1 Å². The molecule has 0 radical (unpaired) electrons.